The van der Waals surface area contributed by atoms with Gasteiger partial charge in [0.1, 0.15) is 11.5 Å². The Hall–Kier alpha value is -2.87. The molecular weight excluding hydrogens is 366 g/mol. The molecular formula is C19H17N3O4S. The molecule has 1 saturated heterocycles. The van der Waals surface area contributed by atoms with Gasteiger partial charge in [0.2, 0.25) is 0 Å². The SMILES string of the molecule is Cn1ccc(C(=O)N2C[C@@H]3c4cc(-c5ccco5)ccc4S(=O)(=O)[C@H]3C2)n1. The molecule has 1 amide bonds. The van der Waals surface area contributed by atoms with Crippen molar-refractivity contribution in [2.45, 2.75) is 16.1 Å². The maximum Gasteiger partial charge on any atom is 0.274 e. The Bertz CT molecular complexity index is 1150. The first kappa shape index (κ1) is 16.3. The summed E-state index contributed by atoms with van der Waals surface area (Å²) in [5.41, 5.74) is 1.94. The number of furan rings is 1. The lowest BCUT2D eigenvalue weighted by Gasteiger charge is -2.16. The summed E-state index contributed by atoms with van der Waals surface area (Å²) in [5, 5.41) is 3.54. The molecule has 0 spiro atoms. The molecule has 1 fully saturated rings. The summed E-state index contributed by atoms with van der Waals surface area (Å²) in [6.45, 7) is 0.557. The molecule has 5 rings (SSSR count). The Morgan fingerprint density at radius 2 is 2.07 bits per heavy atom. The van der Waals surface area contributed by atoms with Crippen LogP contribution >= 0.6 is 0 Å². The molecule has 0 bridgehead atoms. The van der Waals surface area contributed by atoms with Crippen LogP contribution in [0.5, 0.6) is 0 Å². The van der Waals surface area contributed by atoms with Crippen molar-refractivity contribution in [1.29, 1.82) is 0 Å². The molecule has 138 valence electrons. The van der Waals surface area contributed by atoms with Gasteiger partial charge in [-0.05, 0) is 42.0 Å². The topological polar surface area (TPSA) is 85.4 Å². The van der Waals surface area contributed by atoms with Crippen molar-refractivity contribution in [2.24, 2.45) is 7.05 Å². The van der Waals surface area contributed by atoms with Gasteiger partial charge < -0.3 is 9.32 Å². The van der Waals surface area contributed by atoms with E-state index < -0.39 is 15.1 Å². The summed E-state index contributed by atoms with van der Waals surface area (Å²) in [6.07, 6.45) is 3.29. The fraction of sp³-hybridized carbons (Fsp3) is 0.263. The minimum atomic E-state index is -3.46. The number of sulfone groups is 1. The van der Waals surface area contributed by atoms with Crippen molar-refractivity contribution in [3.8, 4) is 11.3 Å². The van der Waals surface area contributed by atoms with Crippen LogP contribution in [0.3, 0.4) is 0 Å². The molecule has 2 atom stereocenters. The van der Waals surface area contributed by atoms with Gasteiger partial charge in [-0.1, -0.05) is 0 Å². The normalized spacial score (nSPS) is 22.6. The number of aromatic nitrogens is 2. The molecule has 4 heterocycles. The predicted octanol–water partition coefficient (Wildman–Crippen LogP) is 2.08. The molecule has 1 aromatic carbocycles. The molecule has 0 saturated carbocycles. The van der Waals surface area contributed by atoms with E-state index in [2.05, 4.69) is 5.10 Å². The molecule has 0 N–H and O–H groups in total. The van der Waals surface area contributed by atoms with Crippen LogP contribution in [0, 0.1) is 0 Å². The summed E-state index contributed by atoms with van der Waals surface area (Å²) in [5.74, 6) is 0.231. The second-order valence-corrected chi connectivity index (χ2v) is 9.14. The highest BCUT2D eigenvalue weighted by molar-refractivity contribution is 7.92. The molecule has 27 heavy (non-hydrogen) atoms. The van der Waals surface area contributed by atoms with Crippen molar-refractivity contribution < 1.29 is 17.6 Å². The molecule has 3 aromatic rings. The molecule has 0 radical (unpaired) electrons. The lowest BCUT2D eigenvalue weighted by Crippen LogP contribution is -2.32. The Morgan fingerprint density at radius 3 is 2.78 bits per heavy atom. The number of amides is 1. The largest absolute Gasteiger partial charge is 0.464 e. The number of benzene rings is 1. The van der Waals surface area contributed by atoms with Crippen molar-refractivity contribution in [3.05, 3.63) is 60.1 Å². The van der Waals surface area contributed by atoms with E-state index >= 15 is 0 Å². The zero-order chi connectivity index (χ0) is 18.8. The van der Waals surface area contributed by atoms with Gasteiger partial charge in [0.25, 0.3) is 5.91 Å². The van der Waals surface area contributed by atoms with Crippen molar-refractivity contribution >= 4 is 15.7 Å². The number of hydrogen-bond donors (Lipinski definition) is 0. The van der Waals surface area contributed by atoms with Crippen LogP contribution in [0.4, 0.5) is 0 Å². The molecule has 0 unspecified atom stereocenters. The lowest BCUT2D eigenvalue weighted by atomic mass is 9.96. The van der Waals surface area contributed by atoms with E-state index in [4.69, 9.17) is 4.42 Å². The third-order valence-electron chi connectivity index (χ3n) is 5.41. The van der Waals surface area contributed by atoms with Gasteiger partial charge in [-0.25, -0.2) is 8.42 Å². The van der Waals surface area contributed by atoms with Crippen LogP contribution in [0.2, 0.25) is 0 Å². The van der Waals surface area contributed by atoms with Crippen molar-refractivity contribution in [3.63, 3.8) is 0 Å². The van der Waals surface area contributed by atoms with E-state index in [0.29, 0.717) is 22.9 Å². The quantitative estimate of drug-likeness (QED) is 0.676. The fourth-order valence-corrected chi connectivity index (χ4v) is 6.26. The first-order valence-corrected chi connectivity index (χ1v) is 10.2. The van der Waals surface area contributed by atoms with E-state index in [-0.39, 0.29) is 18.4 Å². The molecule has 2 aromatic heterocycles. The van der Waals surface area contributed by atoms with E-state index in [9.17, 15) is 13.2 Å². The predicted molar refractivity (Wildman–Crippen MR) is 97.0 cm³/mol. The smallest absolute Gasteiger partial charge is 0.274 e. The van der Waals surface area contributed by atoms with Gasteiger partial charge >= 0.3 is 0 Å². The van der Waals surface area contributed by atoms with Crippen LogP contribution in [0.1, 0.15) is 22.0 Å². The Morgan fingerprint density at radius 1 is 1.22 bits per heavy atom. The number of carbonyl (C=O) groups is 1. The summed E-state index contributed by atoms with van der Waals surface area (Å²) in [4.78, 5) is 14.7. The Balaban J connectivity index is 1.52. The summed E-state index contributed by atoms with van der Waals surface area (Å²) in [6, 6.07) is 10.6. The standard InChI is InChI=1S/C19H17N3O4S/c1-21-7-6-15(20-21)19(23)22-10-14-13-9-12(16-3-2-8-26-16)4-5-17(13)27(24,25)18(14)11-22/h2-9,14,18H,10-11H2,1H3/t14-,18+/m1/s1. The van der Waals surface area contributed by atoms with Gasteiger partial charge in [-0.15, -0.1) is 0 Å². The number of fused-ring (bicyclic) bond motifs is 3. The highest BCUT2D eigenvalue weighted by Gasteiger charge is 2.51. The van der Waals surface area contributed by atoms with Crippen molar-refractivity contribution in [2.75, 3.05) is 13.1 Å². The average Bonchev–Trinajstić information content (AvgIpc) is 3.41. The zero-order valence-corrected chi connectivity index (χ0v) is 15.4. The Labute approximate surface area is 156 Å². The van der Waals surface area contributed by atoms with Crippen LogP contribution in [-0.4, -0.2) is 47.3 Å². The van der Waals surface area contributed by atoms with Gasteiger partial charge in [0.15, 0.2) is 9.84 Å². The third-order valence-corrected chi connectivity index (χ3v) is 7.67. The highest BCUT2D eigenvalue weighted by Crippen LogP contribution is 2.46. The fourth-order valence-electron chi connectivity index (χ4n) is 4.10. The maximum atomic E-state index is 13.0. The molecule has 0 aliphatic carbocycles. The van der Waals surface area contributed by atoms with E-state index in [1.54, 1.807) is 53.4 Å². The number of carbonyl (C=O) groups excluding carboxylic acids is 1. The number of rotatable bonds is 2. The monoisotopic (exact) mass is 383 g/mol. The van der Waals surface area contributed by atoms with Gasteiger partial charge in [-0.3, -0.25) is 9.48 Å². The van der Waals surface area contributed by atoms with Crippen LogP contribution in [0.25, 0.3) is 11.3 Å². The number of hydrogen-bond acceptors (Lipinski definition) is 5. The highest BCUT2D eigenvalue weighted by atomic mass is 32.2. The van der Waals surface area contributed by atoms with Gasteiger partial charge in [0.05, 0.1) is 16.4 Å². The van der Waals surface area contributed by atoms with Crippen molar-refractivity contribution in [1.82, 2.24) is 14.7 Å². The average molecular weight is 383 g/mol. The molecule has 2 aliphatic heterocycles. The first-order valence-electron chi connectivity index (χ1n) is 8.66. The van der Waals surface area contributed by atoms with Gasteiger partial charge in [0, 0.05) is 37.8 Å². The number of likely N-dealkylation sites (tertiary alicyclic amines) is 1. The van der Waals surface area contributed by atoms with E-state index in [0.717, 1.165) is 11.1 Å². The third kappa shape index (κ3) is 2.36. The summed E-state index contributed by atoms with van der Waals surface area (Å²) < 4.78 is 33.0. The molecule has 8 heteroatoms. The van der Waals surface area contributed by atoms with Crippen LogP contribution in [-0.2, 0) is 16.9 Å². The minimum absolute atomic E-state index is 0.188. The number of nitrogens with zero attached hydrogens (tertiary/aromatic N) is 3. The number of aryl methyl sites for hydroxylation is 1. The maximum absolute atomic E-state index is 13.0. The minimum Gasteiger partial charge on any atom is -0.464 e. The summed E-state index contributed by atoms with van der Waals surface area (Å²) in [7, 11) is -1.72. The first-order chi connectivity index (χ1) is 12.9. The lowest BCUT2D eigenvalue weighted by molar-refractivity contribution is 0.0784. The van der Waals surface area contributed by atoms with Crippen LogP contribution in [0.15, 0.2) is 58.2 Å². The summed E-state index contributed by atoms with van der Waals surface area (Å²) >= 11 is 0. The van der Waals surface area contributed by atoms with E-state index in [1.807, 2.05) is 12.1 Å². The Kier molecular flexibility index (Phi) is 3.36. The second-order valence-electron chi connectivity index (χ2n) is 7.00. The van der Waals surface area contributed by atoms with Gasteiger partial charge in [-0.2, -0.15) is 5.10 Å². The second kappa shape index (κ2) is 5.56. The zero-order valence-electron chi connectivity index (χ0n) is 14.6. The van der Waals surface area contributed by atoms with Crippen LogP contribution < -0.4 is 0 Å². The molecule has 2 aliphatic rings. The molecule has 7 nitrogen and oxygen atoms in total. The van der Waals surface area contributed by atoms with E-state index in [1.165, 1.54) is 0 Å².